The van der Waals surface area contributed by atoms with Crippen LogP contribution in [0, 0.1) is 6.92 Å². The summed E-state index contributed by atoms with van der Waals surface area (Å²) in [6.07, 6.45) is 3.82. The molecule has 0 bridgehead atoms. The second kappa shape index (κ2) is 7.05. The number of benzene rings is 1. The number of aliphatic imine (C=N–C) groups is 1. The lowest BCUT2D eigenvalue weighted by Crippen LogP contribution is -2.23. The summed E-state index contributed by atoms with van der Waals surface area (Å²) in [5, 5.41) is 4.20. The van der Waals surface area contributed by atoms with Crippen molar-refractivity contribution in [3.05, 3.63) is 45.9 Å². The summed E-state index contributed by atoms with van der Waals surface area (Å²) in [4.78, 5) is 10.0. The number of hydrogen-bond acceptors (Lipinski definition) is 3. The maximum Gasteiger partial charge on any atom is 0.193 e. The van der Waals surface area contributed by atoms with Crippen molar-refractivity contribution in [1.29, 1.82) is 0 Å². The first-order chi connectivity index (χ1) is 9.67. The van der Waals surface area contributed by atoms with Crippen molar-refractivity contribution >= 4 is 23.0 Å². The van der Waals surface area contributed by atoms with E-state index in [1.807, 2.05) is 30.5 Å². The van der Waals surface area contributed by atoms with E-state index >= 15 is 0 Å². The van der Waals surface area contributed by atoms with Gasteiger partial charge in [-0.1, -0.05) is 24.6 Å². The van der Waals surface area contributed by atoms with Crippen molar-refractivity contribution in [3.8, 4) is 0 Å². The Morgan fingerprint density at radius 3 is 2.75 bits per heavy atom. The molecule has 0 atom stereocenters. The van der Waals surface area contributed by atoms with Crippen molar-refractivity contribution in [2.24, 2.45) is 10.7 Å². The van der Waals surface area contributed by atoms with Gasteiger partial charge in [-0.05, 0) is 25.5 Å². The number of hydrogen-bond donors (Lipinski definition) is 2. The van der Waals surface area contributed by atoms with Crippen LogP contribution in [0.25, 0.3) is 0 Å². The molecule has 0 radical (unpaired) electrons. The van der Waals surface area contributed by atoms with Crippen molar-refractivity contribution < 1.29 is 0 Å². The summed E-state index contributed by atoms with van der Waals surface area (Å²) in [5.74, 6) is 0.445. The summed E-state index contributed by atoms with van der Waals surface area (Å²) < 4.78 is 0. The third-order valence-electron chi connectivity index (χ3n) is 2.88. The Hall–Kier alpha value is -1.88. The van der Waals surface area contributed by atoms with Crippen LogP contribution in [-0.2, 0) is 12.8 Å². The van der Waals surface area contributed by atoms with Gasteiger partial charge in [0.1, 0.15) is 0 Å². The quantitative estimate of drug-likeness (QED) is 0.656. The van der Waals surface area contributed by atoms with E-state index in [1.165, 1.54) is 10.4 Å². The van der Waals surface area contributed by atoms with Gasteiger partial charge in [-0.15, -0.1) is 11.3 Å². The number of nitrogens with zero attached hydrogens (tertiary/aromatic N) is 2. The second-order valence-electron chi connectivity index (χ2n) is 4.58. The average molecular weight is 288 g/mol. The molecule has 0 aliphatic carbocycles. The van der Waals surface area contributed by atoms with Gasteiger partial charge in [-0.25, -0.2) is 4.98 Å². The van der Waals surface area contributed by atoms with Crippen LogP contribution in [0.1, 0.15) is 22.4 Å². The molecule has 4 nitrogen and oxygen atoms in total. The van der Waals surface area contributed by atoms with Gasteiger partial charge in [-0.3, -0.25) is 4.99 Å². The van der Waals surface area contributed by atoms with Crippen LogP contribution in [0.15, 0.2) is 35.5 Å². The molecule has 2 aromatic rings. The fourth-order valence-electron chi connectivity index (χ4n) is 1.72. The molecule has 20 heavy (non-hydrogen) atoms. The molecule has 0 spiro atoms. The minimum atomic E-state index is 0.445. The van der Waals surface area contributed by atoms with Gasteiger partial charge >= 0.3 is 0 Å². The molecule has 106 valence electrons. The van der Waals surface area contributed by atoms with E-state index in [9.17, 15) is 0 Å². The molecule has 1 aromatic carbocycles. The second-order valence-corrected chi connectivity index (χ2v) is 5.78. The number of aryl methyl sites for hydroxylation is 2. The minimum absolute atomic E-state index is 0.445. The fraction of sp³-hybridized carbons (Fsp3) is 0.333. The van der Waals surface area contributed by atoms with E-state index in [0.717, 1.165) is 23.5 Å². The molecule has 5 heteroatoms. The highest BCUT2D eigenvalue weighted by molar-refractivity contribution is 7.11. The Bertz CT molecular complexity index is 572. The molecular weight excluding hydrogens is 268 g/mol. The summed E-state index contributed by atoms with van der Waals surface area (Å²) >= 11 is 1.75. The maximum absolute atomic E-state index is 5.86. The van der Waals surface area contributed by atoms with E-state index < -0.39 is 0 Å². The van der Waals surface area contributed by atoms with E-state index in [4.69, 9.17) is 5.73 Å². The third kappa shape index (κ3) is 4.35. The normalized spacial score (nSPS) is 11.6. The summed E-state index contributed by atoms with van der Waals surface area (Å²) in [7, 11) is 0. The molecule has 0 saturated heterocycles. The van der Waals surface area contributed by atoms with E-state index in [-0.39, 0.29) is 0 Å². The number of rotatable bonds is 5. The molecule has 0 amide bonds. The molecule has 3 N–H and O–H groups in total. The maximum atomic E-state index is 5.86. The number of guanidine groups is 1. The predicted octanol–water partition coefficient (Wildman–Crippen LogP) is 2.98. The van der Waals surface area contributed by atoms with Gasteiger partial charge in [0.15, 0.2) is 5.96 Å². The Morgan fingerprint density at radius 1 is 1.35 bits per heavy atom. The van der Waals surface area contributed by atoms with Gasteiger partial charge < -0.3 is 11.1 Å². The molecule has 0 aliphatic heterocycles. The van der Waals surface area contributed by atoms with Gasteiger partial charge in [0.2, 0.25) is 0 Å². The molecule has 0 fully saturated rings. The van der Waals surface area contributed by atoms with Gasteiger partial charge in [0, 0.05) is 29.7 Å². The SMILES string of the molecule is CCc1cnc(CCN=C(N)Nc2ccc(C)cc2)s1. The topological polar surface area (TPSA) is 63.3 Å². The van der Waals surface area contributed by atoms with E-state index in [0.29, 0.717) is 12.5 Å². The summed E-state index contributed by atoms with van der Waals surface area (Å²) in [6, 6.07) is 8.06. The predicted molar refractivity (Wildman–Crippen MR) is 86.5 cm³/mol. The molecule has 0 saturated carbocycles. The molecule has 0 unspecified atom stereocenters. The first kappa shape index (κ1) is 14.5. The average Bonchev–Trinajstić information content (AvgIpc) is 2.89. The zero-order chi connectivity index (χ0) is 14.4. The minimum Gasteiger partial charge on any atom is -0.370 e. The van der Waals surface area contributed by atoms with E-state index in [1.54, 1.807) is 11.3 Å². The van der Waals surface area contributed by atoms with Crippen molar-refractivity contribution in [2.45, 2.75) is 26.7 Å². The molecular formula is C15H20N4S. The van der Waals surface area contributed by atoms with Crippen LogP contribution in [-0.4, -0.2) is 17.5 Å². The Morgan fingerprint density at radius 2 is 2.10 bits per heavy atom. The fourth-order valence-corrected chi connectivity index (χ4v) is 2.57. The van der Waals surface area contributed by atoms with Gasteiger partial charge in [0.25, 0.3) is 0 Å². The highest BCUT2D eigenvalue weighted by atomic mass is 32.1. The van der Waals surface area contributed by atoms with Crippen LogP contribution in [0.5, 0.6) is 0 Å². The standard InChI is InChI=1S/C15H20N4S/c1-3-13-10-18-14(20-13)8-9-17-15(16)19-12-6-4-11(2)5-7-12/h4-7,10H,3,8-9H2,1-2H3,(H3,16,17,19). The van der Waals surface area contributed by atoms with Crippen LogP contribution in [0.3, 0.4) is 0 Å². The number of nitrogens with one attached hydrogen (secondary N) is 1. The smallest absolute Gasteiger partial charge is 0.193 e. The highest BCUT2D eigenvalue weighted by Gasteiger charge is 2.00. The van der Waals surface area contributed by atoms with Crippen LogP contribution < -0.4 is 11.1 Å². The number of nitrogens with two attached hydrogens (primary N) is 1. The Balaban J connectivity index is 1.83. The zero-order valence-electron chi connectivity index (χ0n) is 11.9. The van der Waals surface area contributed by atoms with Crippen molar-refractivity contribution in [1.82, 2.24) is 4.98 Å². The van der Waals surface area contributed by atoms with Crippen molar-refractivity contribution in [3.63, 3.8) is 0 Å². The first-order valence-corrected chi connectivity index (χ1v) is 7.56. The number of aromatic nitrogens is 1. The lowest BCUT2D eigenvalue weighted by molar-refractivity contribution is 0.949. The van der Waals surface area contributed by atoms with Crippen LogP contribution in [0.4, 0.5) is 5.69 Å². The van der Waals surface area contributed by atoms with Crippen LogP contribution >= 0.6 is 11.3 Å². The molecule has 1 aromatic heterocycles. The highest BCUT2D eigenvalue weighted by Crippen LogP contribution is 2.13. The summed E-state index contributed by atoms with van der Waals surface area (Å²) in [5.41, 5.74) is 8.04. The monoisotopic (exact) mass is 288 g/mol. The zero-order valence-corrected chi connectivity index (χ0v) is 12.7. The lowest BCUT2D eigenvalue weighted by Gasteiger charge is -2.05. The number of anilines is 1. The van der Waals surface area contributed by atoms with Crippen LogP contribution in [0.2, 0.25) is 0 Å². The Labute approximate surface area is 123 Å². The number of thiazole rings is 1. The molecule has 2 rings (SSSR count). The first-order valence-electron chi connectivity index (χ1n) is 6.74. The lowest BCUT2D eigenvalue weighted by atomic mass is 10.2. The van der Waals surface area contributed by atoms with Gasteiger partial charge in [0.05, 0.1) is 5.01 Å². The Kier molecular flexibility index (Phi) is 5.12. The largest absolute Gasteiger partial charge is 0.370 e. The van der Waals surface area contributed by atoms with E-state index in [2.05, 4.69) is 29.1 Å². The van der Waals surface area contributed by atoms with Crippen molar-refractivity contribution in [2.75, 3.05) is 11.9 Å². The molecule has 0 aliphatic rings. The summed E-state index contributed by atoms with van der Waals surface area (Å²) in [6.45, 7) is 4.85. The molecule has 1 heterocycles. The van der Waals surface area contributed by atoms with Gasteiger partial charge in [-0.2, -0.15) is 0 Å². The third-order valence-corrected chi connectivity index (χ3v) is 4.08.